The lowest BCUT2D eigenvalue weighted by atomic mass is 9.79. The van der Waals surface area contributed by atoms with Gasteiger partial charge in [0.2, 0.25) is 0 Å². The second-order valence-corrected chi connectivity index (χ2v) is 11.4. The van der Waals surface area contributed by atoms with Gasteiger partial charge in [0.1, 0.15) is 11.5 Å². The number of aromatic hydroxyl groups is 2. The topological polar surface area (TPSA) is 92.5 Å². The van der Waals surface area contributed by atoms with Crippen molar-refractivity contribution < 1.29 is 10.2 Å². The van der Waals surface area contributed by atoms with Crippen molar-refractivity contribution in [2.45, 2.75) is 104 Å². The Morgan fingerprint density at radius 1 is 0.667 bits per heavy atom. The summed E-state index contributed by atoms with van der Waals surface area (Å²) < 4.78 is 0. The van der Waals surface area contributed by atoms with Crippen LogP contribution in [-0.2, 0) is 10.8 Å². The molecule has 198 valence electrons. The van der Waals surface area contributed by atoms with Crippen LogP contribution in [0.4, 0.5) is 0 Å². The van der Waals surface area contributed by atoms with Gasteiger partial charge in [-0.15, -0.1) is 0 Å². The van der Waals surface area contributed by atoms with Crippen LogP contribution in [0.3, 0.4) is 0 Å². The molecule has 0 aliphatic heterocycles. The molecule has 0 radical (unpaired) electrons. The first-order chi connectivity index (χ1) is 16.9. The minimum absolute atomic E-state index is 0.00222. The van der Waals surface area contributed by atoms with Gasteiger partial charge in [0.05, 0.1) is 11.4 Å². The third-order valence-electron chi connectivity index (χ3n) is 7.38. The molecule has 0 bridgehead atoms. The van der Waals surface area contributed by atoms with Crippen LogP contribution in [0.5, 0.6) is 11.5 Å². The molecule has 0 atom stereocenters. The fraction of sp³-hybridized carbons (Fsp3) is 0.500. The standard InChI is InChI=1S/C32H48N2O2/c1-7-9-11-17-31(3,4)25-13-15-29(35)23(19-25)21-27(33)28(34)22-24-20-26(14-16-30(24)36)32(5,6)18-12-10-8-2/h13-16,19-22,35-36H,7-12,17-18,33-34H2,1-6H3. The lowest BCUT2D eigenvalue weighted by Gasteiger charge is -2.26. The lowest BCUT2D eigenvalue weighted by molar-refractivity contribution is 0.446. The molecule has 4 heteroatoms. The Bertz CT molecular complexity index is 978. The molecule has 6 N–H and O–H groups in total. The number of rotatable bonds is 13. The van der Waals surface area contributed by atoms with Crippen LogP contribution in [-0.4, -0.2) is 10.2 Å². The normalized spacial score (nSPS) is 13.3. The highest BCUT2D eigenvalue weighted by Gasteiger charge is 2.22. The number of nitrogens with two attached hydrogens (primary N) is 2. The molecule has 36 heavy (non-hydrogen) atoms. The SMILES string of the molecule is CCCCCC(C)(C)c1ccc(O)c(C=C(N)C(N)=Cc2cc(C(C)(C)CCCCC)ccc2O)c1. The molecule has 2 rings (SSSR count). The summed E-state index contributed by atoms with van der Waals surface area (Å²) in [6.07, 6.45) is 12.7. The number of unbranched alkanes of at least 4 members (excludes halogenated alkanes) is 4. The molecule has 0 saturated heterocycles. The second kappa shape index (κ2) is 12.9. The summed E-state index contributed by atoms with van der Waals surface area (Å²) >= 11 is 0. The molecule has 0 amide bonds. The highest BCUT2D eigenvalue weighted by Crippen LogP contribution is 2.34. The van der Waals surface area contributed by atoms with Crippen molar-refractivity contribution in [1.29, 1.82) is 0 Å². The van der Waals surface area contributed by atoms with Gasteiger partial charge in [-0.2, -0.15) is 0 Å². The highest BCUT2D eigenvalue weighted by molar-refractivity contribution is 5.69. The van der Waals surface area contributed by atoms with Crippen LogP contribution in [0.25, 0.3) is 12.2 Å². The minimum atomic E-state index is -0.00222. The maximum Gasteiger partial charge on any atom is 0.122 e. The van der Waals surface area contributed by atoms with Crippen molar-refractivity contribution in [3.63, 3.8) is 0 Å². The first-order valence-corrected chi connectivity index (χ1v) is 13.5. The zero-order valence-corrected chi connectivity index (χ0v) is 23.3. The zero-order chi connectivity index (χ0) is 26.9. The van der Waals surface area contributed by atoms with E-state index >= 15 is 0 Å². The van der Waals surface area contributed by atoms with Crippen LogP contribution in [0.1, 0.15) is 115 Å². The van der Waals surface area contributed by atoms with Crippen LogP contribution >= 0.6 is 0 Å². The Balaban J connectivity index is 2.33. The second-order valence-electron chi connectivity index (χ2n) is 11.4. The molecule has 0 spiro atoms. The Morgan fingerprint density at radius 2 is 1.03 bits per heavy atom. The number of phenols is 2. The predicted octanol–water partition coefficient (Wildman–Crippen LogP) is 8.11. The Hall–Kier alpha value is -2.88. The van der Waals surface area contributed by atoms with Gasteiger partial charge in [-0.25, -0.2) is 0 Å². The first-order valence-electron chi connectivity index (χ1n) is 13.5. The fourth-order valence-electron chi connectivity index (χ4n) is 4.61. The van der Waals surface area contributed by atoms with E-state index < -0.39 is 0 Å². The zero-order valence-electron chi connectivity index (χ0n) is 23.3. The Labute approximate surface area is 219 Å². The summed E-state index contributed by atoms with van der Waals surface area (Å²) in [5.41, 5.74) is 17.0. The van der Waals surface area contributed by atoms with Gasteiger partial charge in [-0.1, -0.05) is 92.2 Å². The van der Waals surface area contributed by atoms with E-state index in [0.29, 0.717) is 22.5 Å². The molecule has 2 aromatic carbocycles. The first kappa shape index (κ1) is 29.4. The van der Waals surface area contributed by atoms with Gasteiger partial charge in [0.25, 0.3) is 0 Å². The summed E-state index contributed by atoms with van der Waals surface area (Å²) in [7, 11) is 0. The number of benzene rings is 2. The quantitative estimate of drug-likeness (QED) is 0.168. The van der Waals surface area contributed by atoms with Crippen LogP contribution < -0.4 is 11.5 Å². The molecular weight excluding hydrogens is 444 g/mol. The molecule has 0 aliphatic carbocycles. The Morgan fingerprint density at radius 3 is 1.36 bits per heavy atom. The summed E-state index contributed by atoms with van der Waals surface area (Å²) in [5.74, 6) is 0.329. The van der Waals surface area contributed by atoms with E-state index in [1.54, 1.807) is 24.3 Å². The van der Waals surface area contributed by atoms with E-state index in [4.69, 9.17) is 11.5 Å². The molecule has 0 unspecified atom stereocenters. The molecule has 0 fully saturated rings. The van der Waals surface area contributed by atoms with Crippen molar-refractivity contribution in [3.05, 3.63) is 70.0 Å². The van der Waals surface area contributed by atoms with Gasteiger partial charge < -0.3 is 21.7 Å². The maximum absolute atomic E-state index is 10.5. The Kier molecular flexibility index (Phi) is 10.5. The molecule has 2 aromatic rings. The molecule has 0 aromatic heterocycles. The van der Waals surface area contributed by atoms with E-state index in [1.165, 1.54) is 38.5 Å². The summed E-state index contributed by atoms with van der Waals surface area (Å²) in [5, 5.41) is 21.0. The number of phenolic OH excluding ortho intramolecular Hbond substituents is 2. The molecule has 0 aliphatic rings. The van der Waals surface area contributed by atoms with Crippen molar-refractivity contribution >= 4 is 12.2 Å². The van der Waals surface area contributed by atoms with Crippen molar-refractivity contribution in [1.82, 2.24) is 0 Å². The van der Waals surface area contributed by atoms with Crippen molar-refractivity contribution in [2.24, 2.45) is 11.5 Å². The molecular formula is C32H48N2O2. The molecule has 0 saturated carbocycles. The van der Waals surface area contributed by atoms with Crippen LogP contribution in [0.15, 0.2) is 47.8 Å². The summed E-state index contributed by atoms with van der Waals surface area (Å²) in [6.45, 7) is 13.4. The van der Waals surface area contributed by atoms with Crippen molar-refractivity contribution in [3.8, 4) is 11.5 Å². The fourth-order valence-corrected chi connectivity index (χ4v) is 4.61. The van der Waals surface area contributed by atoms with Gasteiger partial charge >= 0.3 is 0 Å². The smallest absolute Gasteiger partial charge is 0.122 e. The molecule has 4 nitrogen and oxygen atoms in total. The van der Waals surface area contributed by atoms with Gasteiger partial charge in [-0.05, 0) is 71.2 Å². The van der Waals surface area contributed by atoms with E-state index in [0.717, 1.165) is 24.0 Å². The highest BCUT2D eigenvalue weighted by atomic mass is 16.3. The summed E-state index contributed by atoms with van der Waals surface area (Å²) in [4.78, 5) is 0. The average Bonchev–Trinajstić information content (AvgIpc) is 2.81. The molecule has 0 heterocycles. The van der Waals surface area contributed by atoms with E-state index in [9.17, 15) is 10.2 Å². The lowest BCUT2D eigenvalue weighted by Crippen LogP contribution is -2.17. The van der Waals surface area contributed by atoms with Gasteiger partial charge in [-0.3, -0.25) is 0 Å². The van der Waals surface area contributed by atoms with Gasteiger partial charge in [0.15, 0.2) is 0 Å². The number of hydrogen-bond acceptors (Lipinski definition) is 4. The van der Waals surface area contributed by atoms with Crippen LogP contribution in [0, 0.1) is 0 Å². The maximum atomic E-state index is 10.5. The monoisotopic (exact) mass is 492 g/mol. The van der Waals surface area contributed by atoms with Gasteiger partial charge in [0, 0.05) is 11.1 Å². The third kappa shape index (κ3) is 8.08. The predicted molar refractivity (Wildman–Crippen MR) is 155 cm³/mol. The van der Waals surface area contributed by atoms with Crippen molar-refractivity contribution in [2.75, 3.05) is 0 Å². The number of hydrogen-bond donors (Lipinski definition) is 4. The summed E-state index contributed by atoms with van der Waals surface area (Å²) in [6, 6.07) is 11.4. The van der Waals surface area contributed by atoms with E-state index in [-0.39, 0.29) is 22.3 Å². The van der Waals surface area contributed by atoms with E-state index in [2.05, 4.69) is 41.5 Å². The average molecular weight is 493 g/mol. The largest absolute Gasteiger partial charge is 0.507 e. The minimum Gasteiger partial charge on any atom is -0.507 e. The van der Waals surface area contributed by atoms with Crippen LogP contribution in [0.2, 0.25) is 0 Å². The third-order valence-corrected chi connectivity index (χ3v) is 7.38. The van der Waals surface area contributed by atoms with E-state index in [1.807, 2.05) is 24.3 Å².